The Morgan fingerprint density at radius 1 is 1.08 bits per heavy atom. The van der Waals surface area contributed by atoms with Crippen LogP contribution < -0.4 is 0 Å². The molecule has 0 amide bonds. The number of pyridine rings is 1. The summed E-state index contributed by atoms with van der Waals surface area (Å²) in [7, 11) is 0. The third-order valence-electron chi connectivity index (χ3n) is 3.67. The van der Waals surface area contributed by atoms with Crippen molar-refractivity contribution in [2.75, 3.05) is 13.2 Å². The summed E-state index contributed by atoms with van der Waals surface area (Å²) in [6, 6.07) is 11.9. The van der Waals surface area contributed by atoms with Gasteiger partial charge in [-0.1, -0.05) is 23.8 Å². The van der Waals surface area contributed by atoms with Gasteiger partial charge in [-0.3, -0.25) is 9.88 Å². The first-order valence-corrected chi connectivity index (χ1v) is 7.86. The summed E-state index contributed by atoms with van der Waals surface area (Å²) in [4.78, 5) is 6.16. The fraction of sp³-hybridized carbons (Fsp3) is 0.278. The standard InChI is InChI=1S/C18H20N4O2/c1-14-4-6-16(7-5-14)18-21-20-17(24-18)13-22(9-10-23)12-15-3-2-8-19-11-15/h2-8,11,23H,9-10,12-13H2,1H3. The predicted molar refractivity (Wildman–Crippen MR) is 89.9 cm³/mol. The minimum absolute atomic E-state index is 0.0687. The maximum atomic E-state index is 9.28. The maximum Gasteiger partial charge on any atom is 0.247 e. The third-order valence-corrected chi connectivity index (χ3v) is 3.67. The van der Waals surface area contributed by atoms with Crippen LogP contribution in [-0.2, 0) is 13.1 Å². The van der Waals surface area contributed by atoms with Gasteiger partial charge < -0.3 is 9.52 Å². The van der Waals surface area contributed by atoms with Gasteiger partial charge in [-0.05, 0) is 30.7 Å². The van der Waals surface area contributed by atoms with Gasteiger partial charge in [-0.25, -0.2) is 0 Å². The lowest BCUT2D eigenvalue weighted by Gasteiger charge is -2.19. The van der Waals surface area contributed by atoms with Crippen LogP contribution in [0.3, 0.4) is 0 Å². The molecule has 0 spiro atoms. The Morgan fingerprint density at radius 2 is 1.92 bits per heavy atom. The highest BCUT2D eigenvalue weighted by molar-refractivity contribution is 5.52. The SMILES string of the molecule is Cc1ccc(-c2nnc(CN(CCO)Cc3cccnc3)o2)cc1. The molecule has 0 saturated carbocycles. The second-order valence-corrected chi connectivity index (χ2v) is 5.66. The van der Waals surface area contributed by atoms with E-state index in [9.17, 15) is 5.11 Å². The Bertz CT molecular complexity index is 756. The van der Waals surface area contributed by atoms with Gasteiger partial charge in [0.05, 0.1) is 13.2 Å². The molecule has 3 rings (SSSR count). The molecule has 24 heavy (non-hydrogen) atoms. The average Bonchev–Trinajstić information content (AvgIpc) is 3.05. The highest BCUT2D eigenvalue weighted by atomic mass is 16.4. The molecule has 3 aromatic rings. The van der Waals surface area contributed by atoms with Crippen molar-refractivity contribution in [2.45, 2.75) is 20.0 Å². The molecule has 0 aliphatic rings. The molecule has 2 aromatic heterocycles. The zero-order valence-electron chi connectivity index (χ0n) is 13.6. The first-order chi connectivity index (χ1) is 11.7. The van der Waals surface area contributed by atoms with E-state index >= 15 is 0 Å². The Balaban J connectivity index is 1.70. The lowest BCUT2D eigenvalue weighted by Crippen LogP contribution is -2.26. The topological polar surface area (TPSA) is 75.3 Å². The van der Waals surface area contributed by atoms with Crippen molar-refractivity contribution >= 4 is 0 Å². The van der Waals surface area contributed by atoms with Crippen molar-refractivity contribution in [3.05, 3.63) is 65.8 Å². The Labute approximate surface area is 140 Å². The average molecular weight is 324 g/mol. The first kappa shape index (κ1) is 16.3. The van der Waals surface area contributed by atoms with Crippen molar-refractivity contribution in [3.8, 4) is 11.5 Å². The molecule has 0 unspecified atom stereocenters. The Hall–Kier alpha value is -2.57. The molecule has 0 aliphatic heterocycles. The number of hydrogen-bond acceptors (Lipinski definition) is 6. The molecule has 0 saturated heterocycles. The van der Waals surface area contributed by atoms with Crippen molar-refractivity contribution in [2.24, 2.45) is 0 Å². The van der Waals surface area contributed by atoms with Crippen molar-refractivity contribution < 1.29 is 9.52 Å². The molecule has 1 aromatic carbocycles. The summed E-state index contributed by atoms with van der Waals surface area (Å²) < 4.78 is 5.76. The van der Waals surface area contributed by atoms with Crippen LogP contribution in [0.15, 0.2) is 53.2 Å². The molecular weight excluding hydrogens is 304 g/mol. The second kappa shape index (κ2) is 7.81. The summed E-state index contributed by atoms with van der Waals surface area (Å²) in [5.41, 5.74) is 3.16. The van der Waals surface area contributed by atoms with Gasteiger partial charge in [0.25, 0.3) is 0 Å². The van der Waals surface area contributed by atoms with Gasteiger partial charge in [0.15, 0.2) is 0 Å². The smallest absolute Gasteiger partial charge is 0.247 e. The molecule has 0 aliphatic carbocycles. The molecular formula is C18H20N4O2. The number of hydrogen-bond donors (Lipinski definition) is 1. The fourth-order valence-electron chi connectivity index (χ4n) is 2.43. The Kier molecular flexibility index (Phi) is 5.30. The monoisotopic (exact) mass is 324 g/mol. The summed E-state index contributed by atoms with van der Waals surface area (Å²) in [6.07, 6.45) is 3.56. The van der Waals surface area contributed by atoms with Gasteiger partial charge in [-0.15, -0.1) is 10.2 Å². The van der Waals surface area contributed by atoms with Gasteiger partial charge in [0.1, 0.15) is 0 Å². The minimum atomic E-state index is 0.0687. The van der Waals surface area contributed by atoms with E-state index in [1.165, 1.54) is 5.56 Å². The van der Waals surface area contributed by atoms with Gasteiger partial charge in [0, 0.05) is 31.0 Å². The lowest BCUT2D eigenvalue weighted by atomic mass is 10.1. The highest BCUT2D eigenvalue weighted by Gasteiger charge is 2.13. The summed E-state index contributed by atoms with van der Waals surface area (Å²) >= 11 is 0. The molecule has 0 radical (unpaired) electrons. The van der Waals surface area contributed by atoms with E-state index in [0.717, 1.165) is 11.1 Å². The fourth-order valence-corrected chi connectivity index (χ4v) is 2.43. The third kappa shape index (κ3) is 4.24. The van der Waals surface area contributed by atoms with E-state index in [1.807, 2.05) is 54.4 Å². The molecule has 0 atom stereocenters. The van der Waals surface area contributed by atoms with Crippen LogP contribution in [0.4, 0.5) is 0 Å². The maximum absolute atomic E-state index is 9.28. The number of rotatable bonds is 7. The van der Waals surface area contributed by atoms with Crippen LogP contribution >= 0.6 is 0 Å². The molecule has 1 N–H and O–H groups in total. The normalized spacial score (nSPS) is 11.1. The first-order valence-electron chi connectivity index (χ1n) is 7.86. The van der Waals surface area contributed by atoms with Gasteiger partial charge in [-0.2, -0.15) is 0 Å². The largest absolute Gasteiger partial charge is 0.419 e. The number of benzene rings is 1. The molecule has 2 heterocycles. The predicted octanol–water partition coefficient (Wildman–Crippen LogP) is 2.43. The van der Waals surface area contributed by atoms with Crippen LogP contribution in [0.5, 0.6) is 0 Å². The highest BCUT2D eigenvalue weighted by Crippen LogP contribution is 2.19. The number of nitrogens with zero attached hydrogens (tertiary/aromatic N) is 4. The van der Waals surface area contributed by atoms with E-state index in [2.05, 4.69) is 15.2 Å². The molecule has 6 heteroatoms. The van der Waals surface area contributed by atoms with E-state index in [-0.39, 0.29) is 6.61 Å². The van der Waals surface area contributed by atoms with E-state index in [4.69, 9.17) is 4.42 Å². The van der Waals surface area contributed by atoms with E-state index in [0.29, 0.717) is 31.4 Å². The van der Waals surface area contributed by atoms with E-state index in [1.54, 1.807) is 6.20 Å². The molecule has 6 nitrogen and oxygen atoms in total. The van der Waals surface area contributed by atoms with Crippen LogP contribution in [0.2, 0.25) is 0 Å². The van der Waals surface area contributed by atoms with Crippen LogP contribution in [0.25, 0.3) is 11.5 Å². The zero-order chi connectivity index (χ0) is 16.8. The van der Waals surface area contributed by atoms with Crippen molar-refractivity contribution in [1.82, 2.24) is 20.1 Å². The summed E-state index contributed by atoms with van der Waals surface area (Å²) in [5.74, 6) is 1.04. The molecule has 124 valence electrons. The number of aliphatic hydroxyl groups is 1. The Morgan fingerprint density at radius 3 is 2.62 bits per heavy atom. The van der Waals surface area contributed by atoms with Gasteiger partial charge in [0.2, 0.25) is 11.8 Å². The quantitative estimate of drug-likeness (QED) is 0.719. The van der Waals surface area contributed by atoms with Crippen LogP contribution in [0.1, 0.15) is 17.0 Å². The molecule has 0 fully saturated rings. The second-order valence-electron chi connectivity index (χ2n) is 5.66. The van der Waals surface area contributed by atoms with E-state index < -0.39 is 0 Å². The number of aryl methyl sites for hydroxylation is 1. The zero-order valence-corrected chi connectivity index (χ0v) is 13.6. The van der Waals surface area contributed by atoms with Crippen LogP contribution in [-0.4, -0.2) is 38.3 Å². The molecule has 0 bridgehead atoms. The summed E-state index contributed by atoms with van der Waals surface area (Å²) in [5, 5.41) is 17.5. The van der Waals surface area contributed by atoms with Crippen LogP contribution in [0, 0.1) is 6.92 Å². The van der Waals surface area contributed by atoms with Crippen molar-refractivity contribution in [3.63, 3.8) is 0 Å². The minimum Gasteiger partial charge on any atom is -0.419 e. The van der Waals surface area contributed by atoms with Crippen molar-refractivity contribution in [1.29, 1.82) is 0 Å². The lowest BCUT2D eigenvalue weighted by molar-refractivity contribution is 0.172. The number of aliphatic hydroxyl groups excluding tert-OH is 1. The van der Waals surface area contributed by atoms with Gasteiger partial charge >= 0.3 is 0 Å². The summed E-state index contributed by atoms with van der Waals surface area (Å²) in [6.45, 7) is 3.77. The number of aromatic nitrogens is 3.